The number of amides is 1. The number of piperazine rings is 1. The lowest BCUT2D eigenvalue weighted by Gasteiger charge is -2.35. The molecule has 1 aliphatic heterocycles. The number of carbonyl (C=O) groups is 1. The van der Waals surface area contributed by atoms with E-state index < -0.39 is 0 Å². The summed E-state index contributed by atoms with van der Waals surface area (Å²) < 4.78 is 0. The highest BCUT2D eigenvalue weighted by atomic mass is 35.5. The summed E-state index contributed by atoms with van der Waals surface area (Å²) >= 11 is 5.92. The van der Waals surface area contributed by atoms with Crippen LogP contribution >= 0.6 is 11.6 Å². The van der Waals surface area contributed by atoms with Crippen LogP contribution in [0.15, 0.2) is 42.7 Å². The number of nitrogens with zero attached hydrogens (tertiary/aromatic N) is 4. The van der Waals surface area contributed by atoms with Crippen LogP contribution in [0.3, 0.4) is 0 Å². The van der Waals surface area contributed by atoms with Crippen molar-refractivity contribution in [2.24, 2.45) is 5.92 Å². The summed E-state index contributed by atoms with van der Waals surface area (Å²) in [5.74, 6) is 1.68. The number of carbonyl (C=O) groups excluding carboxylic acids is 1. The van der Waals surface area contributed by atoms with E-state index >= 15 is 0 Å². The average Bonchev–Trinajstić information content (AvgIpc) is 3.43. The maximum atomic E-state index is 12.7. The lowest BCUT2D eigenvalue weighted by atomic mass is 10.1. The Morgan fingerprint density at radius 3 is 2.54 bits per heavy atom. The van der Waals surface area contributed by atoms with Gasteiger partial charge in [-0.3, -0.25) is 4.79 Å². The van der Waals surface area contributed by atoms with E-state index in [2.05, 4.69) is 27.0 Å². The molecule has 5 nitrogen and oxygen atoms in total. The van der Waals surface area contributed by atoms with Crippen molar-refractivity contribution in [3.8, 4) is 0 Å². The SMILES string of the molecule is O=C(C1CC1c1ccccc1)N1CCN(c2cc(Cl)ncn2)CC1. The maximum absolute atomic E-state index is 12.7. The normalized spacial score (nSPS) is 23.2. The van der Waals surface area contributed by atoms with E-state index in [4.69, 9.17) is 11.6 Å². The number of hydrogen-bond acceptors (Lipinski definition) is 4. The van der Waals surface area contributed by atoms with Gasteiger partial charge in [0, 0.05) is 38.2 Å². The Bertz CT molecular complexity index is 731. The van der Waals surface area contributed by atoms with Gasteiger partial charge in [-0.2, -0.15) is 0 Å². The molecule has 2 aromatic rings. The fourth-order valence-electron chi connectivity index (χ4n) is 3.42. The average molecular weight is 343 g/mol. The second kappa shape index (κ2) is 6.40. The van der Waals surface area contributed by atoms with Crippen molar-refractivity contribution in [3.05, 3.63) is 53.4 Å². The Morgan fingerprint density at radius 1 is 1.08 bits per heavy atom. The minimum Gasteiger partial charge on any atom is -0.353 e. The predicted molar refractivity (Wildman–Crippen MR) is 93.1 cm³/mol. The molecule has 0 spiro atoms. The van der Waals surface area contributed by atoms with E-state index in [-0.39, 0.29) is 5.92 Å². The fraction of sp³-hybridized carbons (Fsp3) is 0.389. The molecule has 1 aliphatic carbocycles. The zero-order valence-electron chi connectivity index (χ0n) is 13.3. The number of rotatable bonds is 3. The van der Waals surface area contributed by atoms with Crippen LogP contribution in [0.4, 0.5) is 5.82 Å². The van der Waals surface area contributed by atoms with E-state index in [1.165, 1.54) is 11.9 Å². The lowest BCUT2D eigenvalue weighted by Crippen LogP contribution is -2.49. The first-order valence-corrected chi connectivity index (χ1v) is 8.66. The van der Waals surface area contributed by atoms with Gasteiger partial charge < -0.3 is 9.80 Å². The van der Waals surface area contributed by atoms with E-state index in [0.717, 1.165) is 38.4 Å². The van der Waals surface area contributed by atoms with Crippen LogP contribution in [0.25, 0.3) is 0 Å². The molecule has 0 bridgehead atoms. The molecule has 0 N–H and O–H groups in total. The van der Waals surface area contributed by atoms with Crippen molar-refractivity contribution in [2.75, 3.05) is 31.1 Å². The summed E-state index contributed by atoms with van der Waals surface area (Å²) in [6.45, 7) is 3.03. The van der Waals surface area contributed by atoms with Gasteiger partial charge in [0.2, 0.25) is 5.91 Å². The van der Waals surface area contributed by atoms with Crippen LogP contribution in [0.2, 0.25) is 5.15 Å². The monoisotopic (exact) mass is 342 g/mol. The first kappa shape index (κ1) is 15.4. The van der Waals surface area contributed by atoms with Crippen LogP contribution < -0.4 is 4.90 Å². The molecule has 1 aromatic heterocycles. The summed E-state index contributed by atoms with van der Waals surface area (Å²) in [7, 11) is 0. The molecule has 1 aromatic carbocycles. The molecular weight excluding hydrogens is 324 g/mol. The first-order valence-electron chi connectivity index (χ1n) is 8.28. The third-order valence-electron chi connectivity index (χ3n) is 4.87. The van der Waals surface area contributed by atoms with E-state index in [1.54, 1.807) is 6.07 Å². The lowest BCUT2D eigenvalue weighted by molar-refractivity contribution is -0.133. The van der Waals surface area contributed by atoms with Crippen molar-refractivity contribution in [1.82, 2.24) is 14.9 Å². The molecule has 4 rings (SSSR count). The standard InChI is InChI=1S/C18H19ClN4O/c19-16-11-17(21-12-20-16)22-6-8-23(9-7-22)18(24)15-10-14(15)13-4-2-1-3-5-13/h1-5,11-12,14-15H,6-10H2. The Hall–Kier alpha value is -2.14. The molecule has 1 saturated carbocycles. The molecule has 1 amide bonds. The Kier molecular flexibility index (Phi) is 4.10. The van der Waals surface area contributed by atoms with E-state index in [1.807, 2.05) is 23.1 Å². The molecule has 2 unspecified atom stereocenters. The Balaban J connectivity index is 1.34. The number of anilines is 1. The highest BCUT2D eigenvalue weighted by Crippen LogP contribution is 2.48. The van der Waals surface area contributed by atoms with Gasteiger partial charge in [-0.1, -0.05) is 41.9 Å². The zero-order chi connectivity index (χ0) is 16.5. The molecule has 2 atom stereocenters. The van der Waals surface area contributed by atoms with Crippen LogP contribution in [0, 0.1) is 5.92 Å². The van der Waals surface area contributed by atoms with Gasteiger partial charge in [-0.05, 0) is 17.9 Å². The fourth-order valence-corrected chi connectivity index (χ4v) is 3.57. The molecule has 124 valence electrons. The van der Waals surface area contributed by atoms with Crippen LogP contribution in [-0.4, -0.2) is 47.0 Å². The smallest absolute Gasteiger partial charge is 0.226 e. The Morgan fingerprint density at radius 2 is 1.83 bits per heavy atom. The zero-order valence-corrected chi connectivity index (χ0v) is 14.1. The summed E-state index contributed by atoms with van der Waals surface area (Å²) in [5, 5.41) is 0.446. The molecule has 6 heteroatoms. The number of halogens is 1. The molecule has 1 saturated heterocycles. The van der Waals surface area contributed by atoms with Crippen LogP contribution in [-0.2, 0) is 4.79 Å². The third kappa shape index (κ3) is 3.08. The van der Waals surface area contributed by atoms with Crippen molar-refractivity contribution < 1.29 is 4.79 Å². The molecular formula is C18H19ClN4O. The van der Waals surface area contributed by atoms with Crippen LogP contribution in [0.5, 0.6) is 0 Å². The third-order valence-corrected chi connectivity index (χ3v) is 5.08. The quantitative estimate of drug-likeness (QED) is 0.804. The van der Waals surface area contributed by atoms with Gasteiger partial charge in [0.15, 0.2) is 0 Å². The van der Waals surface area contributed by atoms with E-state index in [9.17, 15) is 4.79 Å². The van der Waals surface area contributed by atoms with Crippen molar-refractivity contribution in [2.45, 2.75) is 12.3 Å². The number of aromatic nitrogens is 2. The largest absolute Gasteiger partial charge is 0.353 e. The Labute approximate surface area is 146 Å². The van der Waals surface area contributed by atoms with Gasteiger partial charge in [0.1, 0.15) is 17.3 Å². The van der Waals surface area contributed by atoms with Gasteiger partial charge >= 0.3 is 0 Å². The minimum atomic E-state index is 0.160. The summed E-state index contributed by atoms with van der Waals surface area (Å²) in [4.78, 5) is 25.0. The van der Waals surface area contributed by atoms with E-state index in [0.29, 0.717) is 17.0 Å². The summed E-state index contributed by atoms with van der Waals surface area (Å²) in [6, 6.07) is 12.1. The minimum absolute atomic E-state index is 0.160. The van der Waals surface area contributed by atoms with Gasteiger partial charge in [-0.25, -0.2) is 9.97 Å². The maximum Gasteiger partial charge on any atom is 0.226 e. The molecule has 2 heterocycles. The van der Waals surface area contributed by atoms with Crippen molar-refractivity contribution in [1.29, 1.82) is 0 Å². The second-order valence-electron chi connectivity index (χ2n) is 6.37. The molecule has 2 fully saturated rings. The number of hydrogen-bond donors (Lipinski definition) is 0. The first-order chi connectivity index (χ1) is 11.7. The van der Waals surface area contributed by atoms with Gasteiger partial charge in [0.25, 0.3) is 0 Å². The number of benzene rings is 1. The molecule has 2 aliphatic rings. The van der Waals surface area contributed by atoms with Crippen molar-refractivity contribution >= 4 is 23.3 Å². The van der Waals surface area contributed by atoms with Crippen LogP contribution in [0.1, 0.15) is 17.9 Å². The van der Waals surface area contributed by atoms with Gasteiger partial charge in [0.05, 0.1) is 0 Å². The summed E-state index contributed by atoms with van der Waals surface area (Å²) in [5.41, 5.74) is 1.28. The predicted octanol–water partition coefficient (Wildman–Crippen LogP) is 2.58. The highest BCUT2D eigenvalue weighted by Gasteiger charge is 2.46. The highest BCUT2D eigenvalue weighted by molar-refractivity contribution is 6.29. The van der Waals surface area contributed by atoms with Gasteiger partial charge in [-0.15, -0.1) is 0 Å². The topological polar surface area (TPSA) is 49.3 Å². The molecule has 0 radical (unpaired) electrons. The molecule has 24 heavy (non-hydrogen) atoms. The summed E-state index contributed by atoms with van der Waals surface area (Å²) in [6.07, 6.45) is 2.45. The van der Waals surface area contributed by atoms with Crippen molar-refractivity contribution in [3.63, 3.8) is 0 Å². The second-order valence-corrected chi connectivity index (χ2v) is 6.76.